The molecule has 0 fully saturated rings. The standard InChI is InChI=1S/C16H22N3O4S.O.Tc/c1-9(20)14(16(23)17-4-5-24)19-15(22)13-7-10-2-3-12(21)6-11(10)8-18-13;;/h2-3,6,9,13-14,20H,4-5,7-8H2,1H3,(H4,17,19,21,22,23,24);;/q-1;;+4/p-3. The van der Waals surface area contributed by atoms with Crippen LogP contribution in [0, 0.1) is 0 Å². The van der Waals surface area contributed by atoms with Gasteiger partial charge in [-0.15, -0.1) is 6.54 Å². The van der Waals surface area contributed by atoms with Gasteiger partial charge in [-0.05, 0) is 37.1 Å². The summed E-state index contributed by atoms with van der Waals surface area (Å²) in [6, 6.07) is 2.99. The van der Waals surface area contributed by atoms with Gasteiger partial charge in [-0.3, -0.25) is 0 Å². The van der Waals surface area contributed by atoms with Crippen LogP contribution in [0.2, 0.25) is 0 Å². The molecule has 1 aromatic rings. The Hall–Kier alpha value is -1.32. The van der Waals surface area contributed by atoms with Gasteiger partial charge in [0.05, 0.1) is 0 Å². The molecule has 10 heteroatoms. The minimum atomic E-state index is -1.23. The summed E-state index contributed by atoms with van der Waals surface area (Å²) in [5, 5.41) is 31.0. The van der Waals surface area contributed by atoms with Crippen molar-refractivity contribution < 1.29 is 42.2 Å². The molecule has 2 amide bonds. The summed E-state index contributed by atoms with van der Waals surface area (Å²) in [6.07, 6.45) is -0.773. The molecule has 141 valence electrons. The van der Waals surface area contributed by atoms with Crippen LogP contribution in [0.25, 0.3) is 16.0 Å². The van der Waals surface area contributed by atoms with E-state index in [1.54, 1.807) is 18.2 Å². The molecule has 0 saturated carbocycles. The van der Waals surface area contributed by atoms with E-state index in [2.05, 4.69) is 16.0 Å². The number of aliphatic hydroxyl groups is 1. The molecule has 0 bridgehead atoms. The molecule has 0 aromatic heterocycles. The van der Waals surface area contributed by atoms with Gasteiger partial charge in [0.1, 0.15) is 5.75 Å². The van der Waals surface area contributed by atoms with Crippen molar-refractivity contribution >= 4 is 24.4 Å². The van der Waals surface area contributed by atoms with Gasteiger partial charge >= 0.3 is 22.4 Å². The molecule has 1 aliphatic heterocycles. The van der Waals surface area contributed by atoms with Crippen molar-refractivity contribution in [2.24, 2.45) is 0 Å². The summed E-state index contributed by atoms with van der Waals surface area (Å²) in [5.41, 5.74) is 1.77. The molecule has 2 N–H and O–H groups in total. The van der Waals surface area contributed by atoms with Gasteiger partial charge < -0.3 is 48.4 Å². The first-order chi connectivity index (χ1) is 12.4. The van der Waals surface area contributed by atoms with Gasteiger partial charge in [0.2, 0.25) is 0 Å². The van der Waals surface area contributed by atoms with Gasteiger partial charge in [-0.2, -0.15) is 12.3 Å². The van der Waals surface area contributed by atoms with E-state index < -0.39 is 30.0 Å². The fourth-order valence-electron chi connectivity index (χ4n) is 2.45. The monoisotopic (exact) mass is 462 g/mol. The molecule has 3 unspecified atom stereocenters. The second kappa shape index (κ2) is 11.4. The normalized spacial score (nSPS) is 17.8. The topological polar surface area (TPSA) is 134 Å². The minimum absolute atomic E-state index is 0.154. The summed E-state index contributed by atoms with van der Waals surface area (Å²) in [5.74, 6) is -0.763. The van der Waals surface area contributed by atoms with Crippen molar-refractivity contribution in [1.29, 1.82) is 0 Å². The number of nitrogens with zero attached hydrogens (tertiary/aromatic N) is 3. The average Bonchev–Trinajstić information content (AvgIpc) is 2.64. The number of carbonyl (C=O) groups is 2. The van der Waals surface area contributed by atoms with Crippen LogP contribution in [0.3, 0.4) is 0 Å². The summed E-state index contributed by atoms with van der Waals surface area (Å²) < 4.78 is 8.22. The third kappa shape index (κ3) is 6.44. The molecule has 1 heterocycles. The molecule has 26 heavy (non-hydrogen) atoms. The molecule has 0 aliphatic carbocycles. The predicted molar refractivity (Wildman–Crippen MR) is 92.6 cm³/mol. The summed E-state index contributed by atoms with van der Waals surface area (Å²) in [4.78, 5) is 24.3. The molecular formula is C16H19N3O5STc. The Morgan fingerprint density at radius 2 is 2.08 bits per heavy atom. The Balaban J connectivity index is 0.00000163. The quantitative estimate of drug-likeness (QED) is 0.609. The molecule has 0 saturated heterocycles. The number of phenols is 1. The van der Waals surface area contributed by atoms with E-state index in [1.807, 2.05) is 0 Å². The molecule has 0 radical (unpaired) electrons. The van der Waals surface area contributed by atoms with Crippen LogP contribution in [0.4, 0.5) is 0 Å². The van der Waals surface area contributed by atoms with Gasteiger partial charge in [0.15, 0.2) is 0 Å². The van der Waals surface area contributed by atoms with Crippen LogP contribution in [0.1, 0.15) is 18.1 Å². The van der Waals surface area contributed by atoms with E-state index >= 15 is 0 Å². The van der Waals surface area contributed by atoms with E-state index in [9.17, 15) is 19.8 Å². The number of aromatic hydroxyl groups is 1. The van der Waals surface area contributed by atoms with Crippen LogP contribution in [-0.4, -0.2) is 52.5 Å². The molecule has 3 atom stereocenters. The molecule has 2 rings (SSSR count). The molecule has 1 aromatic carbocycles. The average molecular weight is 463 g/mol. The Bertz CT molecular complexity index is 632. The van der Waals surface area contributed by atoms with Crippen molar-refractivity contribution in [2.75, 3.05) is 12.3 Å². The van der Waals surface area contributed by atoms with Gasteiger partial charge in [-0.25, -0.2) is 0 Å². The number of phenolic OH excluding ortho intramolecular Hbond substituents is 1. The van der Waals surface area contributed by atoms with E-state index in [-0.39, 0.29) is 18.0 Å². The number of amides is 2. The van der Waals surface area contributed by atoms with E-state index in [0.717, 1.165) is 30.0 Å². The Labute approximate surface area is 168 Å². The van der Waals surface area contributed by atoms with E-state index in [1.165, 1.54) is 6.92 Å². The number of carbonyl (C=O) groups excluding carboxylic acids is 2. The number of hydrogen-bond acceptors (Lipinski definition) is 6. The second-order valence-corrected chi connectivity index (χ2v) is 6.00. The van der Waals surface area contributed by atoms with Crippen molar-refractivity contribution in [1.82, 2.24) is 0 Å². The van der Waals surface area contributed by atoms with E-state index in [0.29, 0.717) is 13.0 Å². The molecule has 1 aliphatic rings. The van der Waals surface area contributed by atoms with Gasteiger partial charge in [0.25, 0.3) is 0 Å². The van der Waals surface area contributed by atoms with Crippen molar-refractivity contribution in [3.63, 3.8) is 0 Å². The fourth-order valence-corrected chi connectivity index (χ4v) is 2.54. The zero-order valence-corrected chi connectivity index (χ0v) is 16.7. The maximum absolute atomic E-state index is 12.3. The number of benzene rings is 1. The Morgan fingerprint density at radius 3 is 2.69 bits per heavy atom. The molecule has 8 nitrogen and oxygen atoms in total. The zero-order chi connectivity index (χ0) is 19.7. The first kappa shape index (κ1) is 22.7. The van der Waals surface area contributed by atoms with Gasteiger partial charge in [-0.1, -0.05) is 17.7 Å². The SMILES string of the molecule is CC(O)C([N-]C(=O)C1Cc2ccc(O)cc2C[N-]1)C(=O)[N-]CC[S-].[O]=[Tc+4]. The van der Waals surface area contributed by atoms with Crippen LogP contribution >= 0.6 is 0 Å². The molecular weight excluding hydrogens is 444 g/mol. The molecule has 0 spiro atoms. The van der Waals surface area contributed by atoms with Crippen molar-refractivity contribution in [3.8, 4) is 5.75 Å². The fraction of sp³-hybridized carbons (Fsp3) is 0.500. The van der Waals surface area contributed by atoms with Crippen molar-refractivity contribution in [2.45, 2.75) is 38.1 Å². The summed E-state index contributed by atoms with van der Waals surface area (Å²) in [6.45, 7) is 1.84. The number of aliphatic hydroxyl groups excluding tert-OH is 1. The maximum atomic E-state index is 12.3. The van der Waals surface area contributed by atoms with Crippen LogP contribution in [-0.2, 0) is 57.5 Å². The number of fused-ring (bicyclic) bond motifs is 1. The third-order valence-electron chi connectivity index (χ3n) is 3.71. The van der Waals surface area contributed by atoms with Crippen molar-refractivity contribution in [3.05, 3.63) is 45.3 Å². The zero-order valence-electron chi connectivity index (χ0n) is 14.0. The Kier molecular flexibility index (Phi) is 9.97. The summed E-state index contributed by atoms with van der Waals surface area (Å²) in [7, 11) is 0. The van der Waals surface area contributed by atoms with E-state index in [4.69, 9.17) is 16.1 Å². The summed E-state index contributed by atoms with van der Waals surface area (Å²) >= 11 is 5.62. The predicted octanol–water partition coefficient (Wildman–Crippen LogP) is 1.17. The van der Waals surface area contributed by atoms with Crippen LogP contribution in [0.15, 0.2) is 18.2 Å². The third-order valence-corrected chi connectivity index (χ3v) is 3.89. The first-order valence-corrected chi connectivity index (χ1v) is 9.11. The van der Waals surface area contributed by atoms with Crippen LogP contribution in [0.5, 0.6) is 5.75 Å². The Morgan fingerprint density at radius 1 is 1.38 bits per heavy atom. The number of hydrogen-bond donors (Lipinski definition) is 2. The number of rotatable bonds is 6. The first-order valence-electron chi connectivity index (χ1n) is 7.77. The van der Waals surface area contributed by atoms with Gasteiger partial charge in [0, 0.05) is 17.9 Å². The van der Waals surface area contributed by atoms with Crippen LogP contribution < -0.4 is 0 Å². The second-order valence-electron chi connectivity index (χ2n) is 5.59.